The number of benzene rings is 1. The molecule has 1 aromatic carbocycles. The van der Waals surface area contributed by atoms with E-state index in [2.05, 4.69) is 5.32 Å². The van der Waals surface area contributed by atoms with Gasteiger partial charge in [-0.2, -0.15) is 0 Å². The van der Waals surface area contributed by atoms with Crippen LogP contribution in [-0.4, -0.2) is 18.9 Å². The summed E-state index contributed by atoms with van der Waals surface area (Å²) in [5, 5.41) is 3.64. The van der Waals surface area contributed by atoms with E-state index in [0.29, 0.717) is 22.9 Å². The number of hydrogen-bond acceptors (Lipinski definition) is 2. The molecule has 4 heteroatoms. The average molecular weight is 270 g/mol. The van der Waals surface area contributed by atoms with E-state index in [-0.39, 0.29) is 12.2 Å². The van der Waals surface area contributed by atoms with Crippen LogP contribution in [0.2, 0.25) is 5.02 Å². The van der Waals surface area contributed by atoms with Gasteiger partial charge in [0.1, 0.15) is 11.6 Å². The first-order valence-electron chi connectivity index (χ1n) is 6.31. The smallest absolute Gasteiger partial charge is 0.137 e. The second-order valence-electron chi connectivity index (χ2n) is 4.87. The van der Waals surface area contributed by atoms with Crippen molar-refractivity contribution in [2.45, 2.75) is 25.7 Å². The molecule has 1 atom stereocenters. The molecule has 1 fully saturated rings. The third-order valence-corrected chi connectivity index (χ3v) is 3.55. The van der Waals surface area contributed by atoms with Gasteiger partial charge >= 0.3 is 0 Å². The van der Waals surface area contributed by atoms with Gasteiger partial charge in [0, 0.05) is 17.9 Å². The highest BCUT2D eigenvalue weighted by atomic mass is 35.5. The number of piperidine rings is 1. The van der Waals surface area contributed by atoms with Crippen LogP contribution in [-0.2, 0) is 11.2 Å². The number of hydrogen-bond donors (Lipinski definition) is 1. The van der Waals surface area contributed by atoms with Gasteiger partial charge in [-0.15, -0.1) is 0 Å². The van der Waals surface area contributed by atoms with Crippen LogP contribution < -0.4 is 5.32 Å². The highest BCUT2D eigenvalue weighted by molar-refractivity contribution is 6.30. The Balaban J connectivity index is 1.90. The van der Waals surface area contributed by atoms with E-state index in [9.17, 15) is 9.18 Å². The van der Waals surface area contributed by atoms with E-state index in [0.717, 1.165) is 25.9 Å². The van der Waals surface area contributed by atoms with Gasteiger partial charge < -0.3 is 5.32 Å². The van der Waals surface area contributed by atoms with Crippen LogP contribution in [0.3, 0.4) is 0 Å². The minimum Gasteiger partial charge on any atom is -0.316 e. The lowest BCUT2D eigenvalue weighted by Crippen LogP contribution is -2.31. The van der Waals surface area contributed by atoms with Crippen molar-refractivity contribution in [1.82, 2.24) is 5.32 Å². The Kier molecular flexibility index (Phi) is 4.72. The number of rotatable bonds is 4. The summed E-state index contributed by atoms with van der Waals surface area (Å²) in [4.78, 5) is 11.9. The van der Waals surface area contributed by atoms with Crippen molar-refractivity contribution in [3.8, 4) is 0 Å². The molecule has 1 saturated heterocycles. The molecule has 0 aliphatic carbocycles. The summed E-state index contributed by atoms with van der Waals surface area (Å²) in [7, 11) is 0. The van der Waals surface area contributed by atoms with E-state index in [1.807, 2.05) is 0 Å². The Hall–Kier alpha value is -0.930. The minimum absolute atomic E-state index is 0.102. The molecule has 0 amide bonds. The van der Waals surface area contributed by atoms with Crippen molar-refractivity contribution in [3.05, 3.63) is 34.6 Å². The largest absolute Gasteiger partial charge is 0.316 e. The lowest BCUT2D eigenvalue weighted by atomic mass is 9.92. The van der Waals surface area contributed by atoms with Crippen molar-refractivity contribution in [2.75, 3.05) is 13.1 Å². The predicted octanol–water partition coefficient (Wildman–Crippen LogP) is 2.98. The number of ketones is 1. The Labute approximate surface area is 112 Å². The first-order valence-corrected chi connectivity index (χ1v) is 6.69. The monoisotopic (exact) mass is 269 g/mol. The zero-order valence-electron chi connectivity index (χ0n) is 10.2. The fourth-order valence-electron chi connectivity index (χ4n) is 2.37. The molecule has 0 spiro atoms. The van der Waals surface area contributed by atoms with Crippen LogP contribution in [0.5, 0.6) is 0 Å². The Morgan fingerprint density at radius 2 is 2.33 bits per heavy atom. The van der Waals surface area contributed by atoms with E-state index in [4.69, 9.17) is 11.6 Å². The molecule has 98 valence electrons. The molecule has 1 aliphatic heterocycles. The van der Waals surface area contributed by atoms with Crippen LogP contribution in [0.1, 0.15) is 24.8 Å². The maximum atomic E-state index is 13.5. The normalized spacial score (nSPS) is 19.8. The number of halogens is 2. The molecule has 1 aliphatic rings. The van der Waals surface area contributed by atoms with Crippen LogP contribution in [0.4, 0.5) is 4.39 Å². The van der Waals surface area contributed by atoms with E-state index >= 15 is 0 Å². The molecule has 0 bridgehead atoms. The van der Waals surface area contributed by atoms with Gasteiger partial charge in [-0.3, -0.25) is 4.79 Å². The summed E-state index contributed by atoms with van der Waals surface area (Å²) in [6.45, 7) is 1.94. The third kappa shape index (κ3) is 3.79. The zero-order chi connectivity index (χ0) is 13.0. The van der Waals surface area contributed by atoms with Gasteiger partial charge in [0.05, 0.1) is 0 Å². The molecule has 1 N–H and O–H groups in total. The van der Waals surface area contributed by atoms with E-state index < -0.39 is 5.82 Å². The first kappa shape index (κ1) is 13.5. The van der Waals surface area contributed by atoms with E-state index in [1.165, 1.54) is 6.07 Å². The molecule has 1 unspecified atom stereocenters. The molecular formula is C14H17ClFNO. The number of carbonyl (C=O) groups is 1. The predicted molar refractivity (Wildman–Crippen MR) is 70.3 cm³/mol. The standard InChI is InChI=1S/C14H17ClFNO/c15-12-4-3-11(14(16)8-12)7-13(18)6-10-2-1-5-17-9-10/h3-4,8,10,17H,1-2,5-7,9H2. The quantitative estimate of drug-likeness (QED) is 0.910. The molecule has 0 aromatic heterocycles. The summed E-state index contributed by atoms with van der Waals surface area (Å²) in [5.41, 5.74) is 0.438. The lowest BCUT2D eigenvalue weighted by Gasteiger charge is -2.21. The highest BCUT2D eigenvalue weighted by Crippen LogP contribution is 2.18. The van der Waals surface area contributed by atoms with Crippen LogP contribution in [0.15, 0.2) is 18.2 Å². The second-order valence-corrected chi connectivity index (χ2v) is 5.30. The molecule has 0 saturated carbocycles. The lowest BCUT2D eigenvalue weighted by molar-refractivity contribution is -0.119. The number of nitrogens with one attached hydrogen (secondary N) is 1. The van der Waals surface area contributed by atoms with E-state index in [1.54, 1.807) is 12.1 Å². The van der Waals surface area contributed by atoms with Gasteiger partial charge in [0.25, 0.3) is 0 Å². The highest BCUT2D eigenvalue weighted by Gasteiger charge is 2.17. The summed E-state index contributed by atoms with van der Waals surface area (Å²) < 4.78 is 13.5. The minimum atomic E-state index is -0.391. The maximum Gasteiger partial charge on any atom is 0.137 e. The molecule has 1 aromatic rings. The molecule has 2 rings (SSSR count). The van der Waals surface area contributed by atoms with Crippen molar-refractivity contribution in [2.24, 2.45) is 5.92 Å². The SMILES string of the molecule is O=C(Cc1ccc(Cl)cc1F)CC1CCCNC1. The summed E-state index contributed by atoms with van der Waals surface area (Å²) in [6.07, 6.45) is 2.91. The number of carbonyl (C=O) groups excluding carboxylic acids is 1. The van der Waals surface area contributed by atoms with Gasteiger partial charge in [-0.05, 0) is 49.5 Å². The molecule has 1 heterocycles. The molecule has 18 heavy (non-hydrogen) atoms. The molecule has 0 radical (unpaired) electrons. The van der Waals surface area contributed by atoms with Crippen LogP contribution in [0.25, 0.3) is 0 Å². The average Bonchev–Trinajstić information content (AvgIpc) is 2.34. The first-order chi connectivity index (χ1) is 8.65. The fraction of sp³-hybridized carbons (Fsp3) is 0.500. The molecule has 2 nitrogen and oxygen atoms in total. The van der Waals surface area contributed by atoms with Gasteiger partial charge in [-0.1, -0.05) is 17.7 Å². The Bertz CT molecular complexity index is 430. The van der Waals surface area contributed by atoms with Gasteiger partial charge in [0.15, 0.2) is 0 Å². The second kappa shape index (κ2) is 6.30. The summed E-state index contributed by atoms with van der Waals surface area (Å²) in [5.74, 6) is 0.115. The van der Waals surface area contributed by atoms with Gasteiger partial charge in [-0.25, -0.2) is 4.39 Å². The van der Waals surface area contributed by atoms with Gasteiger partial charge in [0.2, 0.25) is 0 Å². The van der Waals surface area contributed by atoms with Crippen molar-refractivity contribution in [3.63, 3.8) is 0 Å². The van der Waals surface area contributed by atoms with Crippen LogP contribution in [0, 0.1) is 11.7 Å². The third-order valence-electron chi connectivity index (χ3n) is 3.32. The summed E-state index contributed by atoms with van der Waals surface area (Å²) in [6, 6.07) is 4.47. The Morgan fingerprint density at radius 3 is 3.00 bits per heavy atom. The number of Topliss-reactive ketones (excluding diaryl/α,β-unsaturated/α-hetero) is 1. The van der Waals surface area contributed by atoms with Crippen molar-refractivity contribution >= 4 is 17.4 Å². The summed E-state index contributed by atoms with van der Waals surface area (Å²) >= 11 is 5.68. The van der Waals surface area contributed by atoms with Crippen molar-refractivity contribution in [1.29, 1.82) is 0 Å². The topological polar surface area (TPSA) is 29.1 Å². The van der Waals surface area contributed by atoms with Crippen molar-refractivity contribution < 1.29 is 9.18 Å². The maximum absolute atomic E-state index is 13.5. The fourth-order valence-corrected chi connectivity index (χ4v) is 2.53. The molecular weight excluding hydrogens is 253 g/mol. The Morgan fingerprint density at radius 1 is 1.50 bits per heavy atom. The zero-order valence-corrected chi connectivity index (χ0v) is 11.0. The van der Waals surface area contributed by atoms with Crippen LogP contribution >= 0.6 is 11.6 Å².